The number of aliphatic hydroxyl groups is 1. The number of piperidine rings is 1. The molecule has 2 aliphatic heterocycles. The first-order valence-corrected chi connectivity index (χ1v) is 13.7. The van der Waals surface area contributed by atoms with Gasteiger partial charge in [-0.2, -0.15) is 0 Å². The van der Waals surface area contributed by atoms with Crippen molar-refractivity contribution in [2.45, 2.75) is 64.2 Å². The highest BCUT2D eigenvalue weighted by Gasteiger charge is 2.30. The van der Waals surface area contributed by atoms with Gasteiger partial charge in [0.25, 0.3) is 0 Å². The number of benzene rings is 2. The fraction of sp³-hybridized carbons (Fsp3) is 0.533. The van der Waals surface area contributed by atoms with E-state index in [1.165, 1.54) is 42.3 Å². The number of hydrogen-bond donors (Lipinski definition) is 1. The minimum atomic E-state index is 0.540. The summed E-state index contributed by atoms with van der Waals surface area (Å²) in [4.78, 5) is 15.1. The van der Waals surface area contributed by atoms with Gasteiger partial charge in [0.05, 0.1) is 12.6 Å². The molecule has 3 fully saturated rings. The molecule has 2 aromatic carbocycles. The van der Waals surface area contributed by atoms with Crippen LogP contribution >= 0.6 is 0 Å². The van der Waals surface area contributed by atoms with Crippen molar-refractivity contribution in [3.8, 4) is 5.75 Å². The predicted octanol–water partition coefficient (Wildman–Crippen LogP) is 6.13. The number of hydrogen-bond acceptors (Lipinski definition) is 6. The van der Waals surface area contributed by atoms with E-state index in [2.05, 4.69) is 52.3 Å². The molecular formula is C30H42N4O2. The Hall–Kier alpha value is -2.86. The Balaban J connectivity index is 0.000000726. The average Bonchev–Trinajstić information content (AvgIpc) is 3.68. The van der Waals surface area contributed by atoms with Crippen LogP contribution in [-0.2, 0) is 0 Å². The van der Waals surface area contributed by atoms with E-state index in [4.69, 9.17) is 19.8 Å². The molecule has 1 N–H and O–H groups in total. The van der Waals surface area contributed by atoms with Crippen molar-refractivity contribution in [2.75, 3.05) is 50.2 Å². The summed E-state index contributed by atoms with van der Waals surface area (Å²) in [6.45, 7) is 8.36. The third-order valence-corrected chi connectivity index (χ3v) is 7.46. The Morgan fingerprint density at radius 1 is 0.806 bits per heavy atom. The molecule has 0 unspecified atom stereocenters. The molecule has 3 aliphatic rings. The summed E-state index contributed by atoms with van der Waals surface area (Å²) in [6.07, 6.45) is 7.28. The molecule has 194 valence electrons. The van der Waals surface area contributed by atoms with Crippen LogP contribution in [0.4, 0.5) is 11.5 Å². The van der Waals surface area contributed by atoms with Gasteiger partial charge in [-0.1, -0.05) is 32.0 Å². The predicted molar refractivity (Wildman–Crippen MR) is 150 cm³/mol. The number of fused-ring (bicyclic) bond motifs is 1. The zero-order chi connectivity index (χ0) is 25.5. The third kappa shape index (κ3) is 5.59. The molecule has 1 saturated carbocycles. The molecule has 6 rings (SSSR count). The summed E-state index contributed by atoms with van der Waals surface area (Å²) in [5, 5.41) is 8.22. The lowest BCUT2D eigenvalue weighted by atomic mass is 9.88. The lowest BCUT2D eigenvalue weighted by Gasteiger charge is -2.34. The minimum absolute atomic E-state index is 0.540. The lowest BCUT2D eigenvalue weighted by molar-refractivity contribution is 0.397. The van der Waals surface area contributed by atoms with Gasteiger partial charge in [-0.05, 0) is 74.3 Å². The van der Waals surface area contributed by atoms with Gasteiger partial charge in [-0.3, -0.25) is 0 Å². The molecule has 3 heterocycles. The maximum Gasteiger partial charge on any atom is 0.140 e. The monoisotopic (exact) mass is 490 g/mol. The summed E-state index contributed by atoms with van der Waals surface area (Å²) < 4.78 is 5.64. The number of nitrogens with zero attached hydrogens (tertiary/aromatic N) is 4. The summed E-state index contributed by atoms with van der Waals surface area (Å²) in [7, 11) is 2.78. The van der Waals surface area contributed by atoms with Gasteiger partial charge in [-0.15, -0.1) is 0 Å². The Kier molecular flexibility index (Phi) is 9.03. The number of aromatic nitrogens is 2. The molecule has 0 bridgehead atoms. The first-order valence-electron chi connectivity index (χ1n) is 13.7. The SMILES string of the molecule is CC.CO.COc1ccccc1C1CCN(c2nc(C3CC3)nc3ccc(N4CCCC4)cc23)CC1. The van der Waals surface area contributed by atoms with Gasteiger partial charge >= 0.3 is 0 Å². The highest BCUT2D eigenvalue weighted by atomic mass is 16.5. The number of para-hydroxylation sites is 1. The van der Waals surface area contributed by atoms with Crippen molar-refractivity contribution in [1.29, 1.82) is 0 Å². The lowest BCUT2D eigenvalue weighted by Crippen LogP contribution is -2.34. The second kappa shape index (κ2) is 12.4. The van der Waals surface area contributed by atoms with E-state index in [1.807, 2.05) is 13.8 Å². The van der Waals surface area contributed by atoms with Crippen molar-refractivity contribution in [3.63, 3.8) is 0 Å². The third-order valence-electron chi connectivity index (χ3n) is 7.46. The van der Waals surface area contributed by atoms with Gasteiger partial charge in [0.2, 0.25) is 0 Å². The molecule has 2 saturated heterocycles. The van der Waals surface area contributed by atoms with E-state index >= 15 is 0 Å². The van der Waals surface area contributed by atoms with E-state index in [0.717, 1.165) is 69.0 Å². The molecule has 0 radical (unpaired) electrons. The summed E-state index contributed by atoms with van der Waals surface area (Å²) >= 11 is 0. The molecule has 1 aromatic heterocycles. The van der Waals surface area contributed by atoms with E-state index in [-0.39, 0.29) is 0 Å². The van der Waals surface area contributed by atoms with Crippen molar-refractivity contribution in [1.82, 2.24) is 9.97 Å². The second-order valence-corrected chi connectivity index (χ2v) is 9.58. The Morgan fingerprint density at radius 2 is 1.50 bits per heavy atom. The molecule has 6 nitrogen and oxygen atoms in total. The van der Waals surface area contributed by atoms with Crippen molar-refractivity contribution in [3.05, 3.63) is 53.9 Å². The Morgan fingerprint density at radius 3 is 2.17 bits per heavy atom. The van der Waals surface area contributed by atoms with E-state index < -0.39 is 0 Å². The fourth-order valence-corrected chi connectivity index (χ4v) is 5.46. The highest BCUT2D eigenvalue weighted by Crippen LogP contribution is 2.42. The van der Waals surface area contributed by atoms with Gasteiger partial charge in [0.15, 0.2) is 0 Å². The second-order valence-electron chi connectivity index (χ2n) is 9.58. The van der Waals surface area contributed by atoms with Gasteiger partial charge in [-0.25, -0.2) is 9.97 Å². The Bertz CT molecular complexity index is 1120. The number of anilines is 2. The number of ether oxygens (including phenoxy) is 1. The van der Waals surface area contributed by atoms with Crippen LogP contribution in [0.5, 0.6) is 5.75 Å². The van der Waals surface area contributed by atoms with Crippen molar-refractivity contribution < 1.29 is 9.84 Å². The van der Waals surface area contributed by atoms with Gasteiger partial charge < -0.3 is 19.6 Å². The normalized spacial score (nSPS) is 17.8. The first kappa shape index (κ1) is 26.2. The molecule has 6 heteroatoms. The molecular weight excluding hydrogens is 448 g/mol. The molecule has 1 aliphatic carbocycles. The molecule has 36 heavy (non-hydrogen) atoms. The molecule has 0 amide bonds. The highest BCUT2D eigenvalue weighted by molar-refractivity contribution is 5.92. The first-order chi connectivity index (χ1) is 17.8. The minimum Gasteiger partial charge on any atom is -0.496 e. The summed E-state index contributed by atoms with van der Waals surface area (Å²) in [6, 6.07) is 15.3. The van der Waals surface area contributed by atoms with Crippen LogP contribution in [0.25, 0.3) is 10.9 Å². The topological polar surface area (TPSA) is 61.7 Å². The van der Waals surface area contributed by atoms with E-state index in [9.17, 15) is 0 Å². The van der Waals surface area contributed by atoms with Crippen molar-refractivity contribution in [2.24, 2.45) is 0 Å². The maximum absolute atomic E-state index is 7.00. The fourth-order valence-electron chi connectivity index (χ4n) is 5.46. The smallest absolute Gasteiger partial charge is 0.140 e. The zero-order valence-corrected chi connectivity index (χ0v) is 22.4. The number of rotatable bonds is 5. The molecule has 3 aromatic rings. The largest absolute Gasteiger partial charge is 0.496 e. The molecule has 0 spiro atoms. The zero-order valence-electron chi connectivity index (χ0n) is 22.4. The van der Waals surface area contributed by atoms with Gasteiger partial charge in [0, 0.05) is 50.3 Å². The number of methoxy groups -OCH3 is 1. The van der Waals surface area contributed by atoms with E-state index in [1.54, 1.807) is 7.11 Å². The number of aliphatic hydroxyl groups excluding tert-OH is 1. The van der Waals surface area contributed by atoms with Crippen LogP contribution in [0.1, 0.15) is 75.6 Å². The Labute approximate surface area is 216 Å². The summed E-state index contributed by atoms with van der Waals surface area (Å²) in [5.74, 6) is 4.32. The molecule has 0 atom stereocenters. The van der Waals surface area contributed by atoms with E-state index in [0.29, 0.717) is 11.8 Å². The van der Waals surface area contributed by atoms with Crippen LogP contribution < -0.4 is 14.5 Å². The standard InChI is InChI=1S/C27H32N4O.C2H6.CH4O/c1-32-25-7-3-2-6-22(25)19-12-16-31(17-13-19)27-23-18-21(30-14-4-5-15-30)10-11-24(23)28-26(29-27)20-8-9-20;2*1-2/h2-3,6-7,10-11,18-20H,4-5,8-9,12-17H2,1H3;1-2H3;2H,1H3. The van der Waals surface area contributed by atoms with Gasteiger partial charge in [0.1, 0.15) is 17.4 Å². The van der Waals surface area contributed by atoms with Crippen LogP contribution in [-0.4, -0.2) is 55.5 Å². The van der Waals surface area contributed by atoms with Crippen LogP contribution in [0.3, 0.4) is 0 Å². The summed E-state index contributed by atoms with van der Waals surface area (Å²) in [5.41, 5.74) is 3.77. The van der Waals surface area contributed by atoms with Crippen LogP contribution in [0, 0.1) is 0 Å². The average molecular weight is 491 g/mol. The van der Waals surface area contributed by atoms with Crippen molar-refractivity contribution >= 4 is 22.4 Å². The van der Waals surface area contributed by atoms with Crippen LogP contribution in [0.15, 0.2) is 42.5 Å². The quantitative estimate of drug-likeness (QED) is 0.464. The maximum atomic E-state index is 7.00. The van der Waals surface area contributed by atoms with Crippen LogP contribution in [0.2, 0.25) is 0 Å².